The molecule has 1 rings (SSSR count). The van der Waals surface area contributed by atoms with E-state index in [0.29, 0.717) is 12.8 Å². The number of carbonyl (C=O) groups is 1. The first kappa shape index (κ1) is 18.3. The molecule has 8 nitrogen and oxygen atoms in total. The lowest BCUT2D eigenvalue weighted by Crippen LogP contribution is -2.58. The second-order valence-corrected chi connectivity index (χ2v) is 6.70. The molecule has 0 bridgehead atoms. The summed E-state index contributed by atoms with van der Waals surface area (Å²) in [5.74, 6) is -0.574. The Morgan fingerprint density at radius 3 is 2.48 bits per heavy atom. The van der Waals surface area contributed by atoms with Crippen LogP contribution >= 0.6 is 0 Å². The summed E-state index contributed by atoms with van der Waals surface area (Å²) in [6.45, 7) is 2.64. The molecule has 9 heteroatoms. The molecule has 0 aromatic carbocycles. The van der Waals surface area contributed by atoms with Crippen molar-refractivity contribution in [3.63, 3.8) is 0 Å². The average molecular weight is 324 g/mol. The zero-order valence-corrected chi connectivity index (χ0v) is 13.2. The summed E-state index contributed by atoms with van der Waals surface area (Å²) in [6, 6.07) is -0.852. The third kappa shape index (κ3) is 4.13. The molecular weight excluding hydrogens is 300 g/mol. The van der Waals surface area contributed by atoms with Crippen LogP contribution in [0.1, 0.15) is 33.1 Å². The van der Waals surface area contributed by atoms with Crippen molar-refractivity contribution in [1.82, 2.24) is 9.03 Å². The number of nitrogens with zero attached hydrogens (tertiary/aromatic N) is 1. The van der Waals surface area contributed by atoms with Crippen molar-refractivity contribution in [2.75, 3.05) is 26.4 Å². The van der Waals surface area contributed by atoms with Crippen LogP contribution in [0, 0.1) is 0 Å². The minimum atomic E-state index is -4.00. The molecule has 0 saturated carbocycles. The number of rotatable bonds is 8. The van der Waals surface area contributed by atoms with Crippen LogP contribution in [0.25, 0.3) is 0 Å². The highest BCUT2D eigenvalue weighted by molar-refractivity contribution is 7.87. The quantitative estimate of drug-likeness (QED) is 0.492. The molecule has 3 N–H and O–H groups in total. The summed E-state index contributed by atoms with van der Waals surface area (Å²) in [7, 11) is -4.00. The maximum absolute atomic E-state index is 12.4. The molecule has 21 heavy (non-hydrogen) atoms. The summed E-state index contributed by atoms with van der Waals surface area (Å²) in [4.78, 5) is 11.8. The number of hydrogen-bond donors (Lipinski definition) is 3. The molecule has 0 radical (unpaired) electrons. The van der Waals surface area contributed by atoms with Gasteiger partial charge in [-0.15, -0.1) is 0 Å². The van der Waals surface area contributed by atoms with Gasteiger partial charge in [0.1, 0.15) is 6.04 Å². The average Bonchev–Trinajstić information content (AvgIpc) is 2.95. The fourth-order valence-corrected chi connectivity index (χ4v) is 4.08. The van der Waals surface area contributed by atoms with Crippen LogP contribution < -0.4 is 4.72 Å². The molecule has 1 heterocycles. The number of aliphatic hydroxyl groups is 2. The zero-order valence-electron chi connectivity index (χ0n) is 12.4. The van der Waals surface area contributed by atoms with E-state index in [1.807, 2.05) is 0 Å². The number of esters is 1. The Hall–Kier alpha value is -0.740. The topological polar surface area (TPSA) is 116 Å². The molecule has 0 spiro atoms. The summed E-state index contributed by atoms with van der Waals surface area (Å²) >= 11 is 0. The fraction of sp³-hybridized carbons (Fsp3) is 0.917. The van der Waals surface area contributed by atoms with Crippen molar-refractivity contribution in [1.29, 1.82) is 0 Å². The summed E-state index contributed by atoms with van der Waals surface area (Å²) in [5, 5.41) is 18.7. The maximum atomic E-state index is 12.4. The Balaban J connectivity index is 2.93. The Morgan fingerprint density at radius 2 is 2.00 bits per heavy atom. The largest absolute Gasteiger partial charge is 0.465 e. The lowest BCUT2D eigenvalue weighted by atomic mass is 10.0. The highest BCUT2D eigenvalue weighted by Gasteiger charge is 2.43. The molecule has 0 aromatic rings. The highest BCUT2D eigenvalue weighted by atomic mass is 32.2. The molecule has 1 saturated heterocycles. The van der Waals surface area contributed by atoms with E-state index in [0.717, 1.165) is 4.31 Å². The van der Waals surface area contributed by atoms with E-state index in [4.69, 9.17) is 4.74 Å². The number of hydrogen-bond acceptors (Lipinski definition) is 6. The van der Waals surface area contributed by atoms with Crippen molar-refractivity contribution in [2.45, 2.75) is 44.7 Å². The predicted molar refractivity (Wildman–Crippen MR) is 75.6 cm³/mol. The van der Waals surface area contributed by atoms with E-state index < -0.39 is 41.0 Å². The first-order chi connectivity index (χ1) is 9.85. The van der Waals surface area contributed by atoms with E-state index in [9.17, 15) is 23.4 Å². The van der Waals surface area contributed by atoms with Gasteiger partial charge in [-0.1, -0.05) is 6.92 Å². The van der Waals surface area contributed by atoms with Crippen LogP contribution in [0.2, 0.25) is 0 Å². The first-order valence-electron chi connectivity index (χ1n) is 7.05. The minimum absolute atomic E-state index is 0.183. The van der Waals surface area contributed by atoms with Gasteiger partial charge in [0.15, 0.2) is 0 Å². The van der Waals surface area contributed by atoms with Gasteiger partial charge < -0.3 is 14.9 Å². The van der Waals surface area contributed by atoms with Crippen LogP contribution in [0.3, 0.4) is 0 Å². The molecule has 1 aliphatic rings. The van der Waals surface area contributed by atoms with E-state index in [-0.39, 0.29) is 19.6 Å². The van der Waals surface area contributed by atoms with Crippen molar-refractivity contribution in [3.05, 3.63) is 0 Å². The molecule has 1 fully saturated rings. The summed E-state index contributed by atoms with van der Waals surface area (Å²) in [6.07, 6.45) is 1.18. The molecule has 0 aromatic heterocycles. The van der Waals surface area contributed by atoms with Crippen LogP contribution in [0.15, 0.2) is 0 Å². The summed E-state index contributed by atoms with van der Waals surface area (Å²) < 4.78 is 33.1. The SMILES string of the molecule is CCOC(=O)C1CCCN1S(=O)(=O)NC(CC)(CO)CO. The van der Waals surface area contributed by atoms with Gasteiger partial charge in [-0.3, -0.25) is 4.79 Å². The normalized spacial score (nSPS) is 20.7. The van der Waals surface area contributed by atoms with E-state index in [1.165, 1.54) is 0 Å². The lowest BCUT2D eigenvalue weighted by molar-refractivity contribution is -0.146. The standard InChI is InChI=1S/C12H24N2O6S/c1-3-12(8-15,9-16)13-21(18,19)14-7-5-6-10(14)11(17)20-4-2/h10,13,15-16H,3-9H2,1-2H3. The van der Waals surface area contributed by atoms with Crippen molar-refractivity contribution in [3.8, 4) is 0 Å². The van der Waals surface area contributed by atoms with E-state index in [1.54, 1.807) is 13.8 Å². The van der Waals surface area contributed by atoms with Gasteiger partial charge in [-0.25, -0.2) is 0 Å². The van der Waals surface area contributed by atoms with Crippen molar-refractivity contribution < 1.29 is 28.2 Å². The van der Waals surface area contributed by atoms with Gasteiger partial charge in [-0.2, -0.15) is 17.4 Å². The summed E-state index contributed by atoms with van der Waals surface area (Å²) in [5.41, 5.74) is -1.33. The highest BCUT2D eigenvalue weighted by Crippen LogP contribution is 2.23. The number of nitrogens with one attached hydrogen (secondary N) is 1. The van der Waals surface area contributed by atoms with Gasteiger partial charge in [-0.05, 0) is 26.2 Å². The van der Waals surface area contributed by atoms with Gasteiger partial charge >= 0.3 is 5.97 Å². The van der Waals surface area contributed by atoms with E-state index in [2.05, 4.69) is 4.72 Å². The maximum Gasteiger partial charge on any atom is 0.324 e. The minimum Gasteiger partial charge on any atom is -0.465 e. The third-order valence-corrected chi connectivity index (χ3v) is 5.44. The molecule has 0 aliphatic carbocycles. The lowest BCUT2D eigenvalue weighted by Gasteiger charge is -2.32. The zero-order chi connectivity index (χ0) is 16.1. The molecule has 1 unspecified atom stereocenters. The smallest absolute Gasteiger partial charge is 0.324 e. The molecule has 0 amide bonds. The second kappa shape index (κ2) is 7.50. The molecular formula is C12H24N2O6S. The Bertz CT molecular complexity index is 440. The fourth-order valence-electron chi connectivity index (χ4n) is 2.24. The van der Waals surface area contributed by atoms with Gasteiger partial charge in [0.25, 0.3) is 10.2 Å². The third-order valence-electron chi connectivity index (χ3n) is 3.70. The number of aliphatic hydroxyl groups excluding tert-OH is 2. The van der Waals surface area contributed by atoms with Crippen LogP contribution in [-0.2, 0) is 19.7 Å². The van der Waals surface area contributed by atoms with Crippen LogP contribution in [-0.4, -0.2) is 66.9 Å². The number of ether oxygens (including phenoxy) is 1. The van der Waals surface area contributed by atoms with Crippen LogP contribution in [0.5, 0.6) is 0 Å². The van der Waals surface area contributed by atoms with E-state index >= 15 is 0 Å². The Kier molecular flexibility index (Phi) is 6.54. The monoisotopic (exact) mass is 324 g/mol. The van der Waals surface area contributed by atoms with Gasteiger partial charge in [0, 0.05) is 6.54 Å². The van der Waals surface area contributed by atoms with Crippen LogP contribution in [0.4, 0.5) is 0 Å². The predicted octanol–water partition coefficient (Wildman–Crippen LogP) is -1.02. The molecule has 1 aliphatic heterocycles. The molecule has 1 atom stereocenters. The number of carbonyl (C=O) groups excluding carboxylic acids is 1. The first-order valence-corrected chi connectivity index (χ1v) is 8.49. The van der Waals surface area contributed by atoms with Crippen molar-refractivity contribution in [2.24, 2.45) is 0 Å². The molecule has 124 valence electrons. The van der Waals surface area contributed by atoms with Gasteiger partial charge in [0.2, 0.25) is 0 Å². The van der Waals surface area contributed by atoms with Crippen molar-refractivity contribution >= 4 is 16.2 Å². The Labute approximate surface area is 125 Å². The second-order valence-electron chi connectivity index (χ2n) is 5.08. The van der Waals surface area contributed by atoms with Gasteiger partial charge in [0.05, 0.1) is 25.4 Å². The Morgan fingerprint density at radius 1 is 1.38 bits per heavy atom.